The van der Waals surface area contributed by atoms with Crippen LogP contribution in [-0.4, -0.2) is 18.6 Å². The topological polar surface area (TPSA) is 83.5 Å². The minimum Gasteiger partial charge on any atom is -0.412 e. The number of hydrogen-bond donors (Lipinski definition) is 2. The molecular formula is C2H10CoN2O+2. The summed E-state index contributed by atoms with van der Waals surface area (Å²) in [5.74, 6) is 0. The van der Waals surface area contributed by atoms with Gasteiger partial charge in [-0.2, -0.15) is 0 Å². The molecule has 3 nitrogen and oxygen atoms in total. The fraction of sp³-hybridized carbons (Fsp3) is 1.00. The van der Waals surface area contributed by atoms with Gasteiger partial charge in [0.2, 0.25) is 0 Å². The van der Waals surface area contributed by atoms with E-state index in [-0.39, 0.29) is 22.3 Å². The molecule has 4 heteroatoms. The Hall–Kier alpha value is 0.386. The van der Waals surface area contributed by atoms with Crippen molar-refractivity contribution in [1.29, 1.82) is 0 Å². The first-order valence-corrected chi connectivity index (χ1v) is 1.32. The molecule has 0 amide bonds. The molecule has 6 N–H and O–H groups in total. The molecule has 1 radical (unpaired) electrons. The van der Waals surface area contributed by atoms with Gasteiger partial charge in [0.05, 0.1) is 0 Å². The second-order valence-electron chi connectivity index (χ2n) is 0.577. The summed E-state index contributed by atoms with van der Waals surface area (Å²) in [7, 11) is 0. The summed E-state index contributed by atoms with van der Waals surface area (Å²) in [6.07, 6.45) is 0. The van der Waals surface area contributed by atoms with Gasteiger partial charge in [-0.3, -0.25) is 0 Å². The summed E-state index contributed by atoms with van der Waals surface area (Å²) >= 11 is 0. The standard InChI is InChI=1S/C2H8N2.Co.H2O/c3-1-2-4;;/h1-4H2;;1H2/q;+2;. The fourth-order valence-corrected chi connectivity index (χ4v) is 0. The maximum absolute atomic E-state index is 4.90. The van der Waals surface area contributed by atoms with Crippen LogP contribution in [0.1, 0.15) is 0 Å². The zero-order chi connectivity index (χ0) is 3.41. The van der Waals surface area contributed by atoms with E-state index in [4.69, 9.17) is 11.5 Å². The van der Waals surface area contributed by atoms with Gasteiger partial charge in [-0.25, -0.2) is 0 Å². The molecule has 0 atom stereocenters. The third-order valence-corrected chi connectivity index (χ3v) is 0.167. The SMILES string of the molecule is NCCN.O.[Co+2]. The van der Waals surface area contributed by atoms with Crippen LogP contribution < -0.4 is 11.5 Å². The summed E-state index contributed by atoms with van der Waals surface area (Å²) in [4.78, 5) is 0. The van der Waals surface area contributed by atoms with Crippen LogP contribution in [0, 0.1) is 0 Å². The number of nitrogens with two attached hydrogens (primary N) is 2. The Bertz CT molecular complexity index is 13.5. The molecule has 0 unspecified atom stereocenters. The van der Waals surface area contributed by atoms with E-state index >= 15 is 0 Å². The molecule has 0 rings (SSSR count). The van der Waals surface area contributed by atoms with Crippen LogP contribution in [0.3, 0.4) is 0 Å². The Morgan fingerprint density at radius 3 is 1.17 bits per heavy atom. The zero-order valence-electron chi connectivity index (χ0n) is 3.40. The van der Waals surface area contributed by atoms with Crippen LogP contribution in [-0.2, 0) is 16.8 Å². The van der Waals surface area contributed by atoms with E-state index < -0.39 is 0 Å². The monoisotopic (exact) mass is 137 g/mol. The minimum absolute atomic E-state index is 0. The van der Waals surface area contributed by atoms with Gasteiger partial charge in [0.15, 0.2) is 0 Å². The van der Waals surface area contributed by atoms with E-state index in [1.54, 1.807) is 0 Å². The first kappa shape index (κ1) is 16.2. The predicted octanol–water partition coefficient (Wildman–Crippen LogP) is -1.92. The molecular weight excluding hydrogens is 127 g/mol. The normalized spacial score (nSPS) is 5.00. The van der Waals surface area contributed by atoms with Crippen LogP contribution in [0.15, 0.2) is 0 Å². The van der Waals surface area contributed by atoms with Gasteiger partial charge in [0.1, 0.15) is 0 Å². The molecule has 0 aliphatic heterocycles. The maximum atomic E-state index is 4.90. The third kappa shape index (κ3) is 26.2. The summed E-state index contributed by atoms with van der Waals surface area (Å²) in [6, 6.07) is 0. The van der Waals surface area contributed by atoms with E-state index in [0.717, 1.165) is 0 Å². The molecule has 0 aromatic carbocycles. The van der Waals surface area contributed by atoms with Crippen molar-refractivity contribution in [2.24, 2.45) is 11.5 Å². The Balaban J connectivity index is -0.0000000450. The fourth-order valence-electron chi connectivity index (χ4n) is 0. The molecule has 0 aromatic rings. The van der Waals surface area contributed by atoms with Gasteiger partial charge >= 0.3 is 16.8 Å². The van der Waals surface area contributed by atoms with Crippen molar-refractivity contribution < 1.29 is 22.3 Å². The van der Waals surface area contributed by atoms with Crippen molar-refractivity contribution in [3.8, 4) is 0 Å². The quantitative estimate of drug-likeness (QED) is 0.441. The predicted molar refractivity (Wildman–Crippen MR) is 21.7 cm³/mol. The van der Waals surface area contributed by atoms with Gasteiger partial charge in [-0.15, -0.1) is 0 Å². The molecule has 6 heavy (non-hydrogen) atoms. The molecule has 0 heterocycles. The van der Waals surface area contributed by atoms with Crippen LogP contribution >= 0.6 is 0 Å². The van der Waals surface area contributed by atoms with Crippen molar-refractivity contribution in [2.45, 2.75) is 0 Å². The maximum Gasteiger partial charge on any atom is 2.00 e. The summed E-state index contributed by atoms with van der Waals surface area (Å²) < 4.78 is 0. The summed E-state index contributed by atoms with van der Waals surface area (Å²) in [6.45, 7) is 1.19. The van der Waals surface area contributed by atoms with Crippen molar-refractivity contribution in [1.82, 2.24) is 0 Å². The van der Waals surface area contributed by atoms with Crippen molar-refractivity contribution in [3.63, 3.8) is 0 Å². The van der Waals surface area contributed by atoms with Crippen LogP contribution in [0.2, 0.25) is 0 Å². The summed E-state index contributed by atoms with van der Waals surface area (Å²) in [5, 5.41) is 0. The summed E-state index contributed by atoms with van der Waals surface area (Å²) in [5.41, 5.74) is 9.81. The second-order valence-corrected chi connectivity index (χ2v) is 0.577. The van der Waals surface area contributed by atoms with Gasteiger partial charge < -0.3 is 16.9 Å². The molecule has 0 aromatic heterocycles. The molecule has 0 aliphatic rings. The molecule has 0 bridgehead atoms. The van der Waals surface area contributed by atoms with Crippen LogP contribution in [0.25, 0.3) is 0 Å². The zero-order valence-corrected chi connectivity index (χ0v) is 4.44. The molecule has 0 fully saturated rings. The number of hydrogen-bond acceptors (Lipinski definition) is 2. The van der Waals surface area contributed by atoms with Crippen LogP contribution in [0.5, 0.6) is 0 Å². The Kier molecular flexibility index (Phi) is 49.0. The third-order valence-electron chi connectivity index (χ3n) is 0.167. The van der Waals surface area contributed by atoms with E-state index in [0.29, 0.717) is 13.1 Å². The number of rotatable bonds is 1. The smallest absolute Gasteiger partial charge is 0.412 e. The first-order chi connectivity index (χ1) is 1.91. The largest absolute Gasteiger partial charge is 2.00 e. The van der Waals surface area contributed by atoms with Crippen molar-refractivity contribution in [2.75, 3.05) is 13.1 Å². The average molecular weight is 137 g/mol. The minimum atomic E-state index is 0. The Morgan fingerprint density at radius 2 is 1.17 bits per heavy atom. The van der Waals surface area contributed by atoms with Gasteiger partial charge in [0.25, 0.3) is 0 Å². The van der Waals surface area contributed by atoms with Gasteiger partial charge in [0, 0.05) is 13.1 Å². The molecule has 0 saturated carbocycles. The molecule has 0 saturated heterocycles. The Labute approximate surface area is 47.6 Å². The van der Waals surface area contributed by atoms with Gasteiger partial charge in [-0.05, 0) is 0 Å². The first-order valence-electron chi connectivity index (χ1n) is 1.32. The molecule has 41 valence electrons. The molecule has 0 spiro atoms. The van der Waals surface area contributed by atoms with Gasteiger partial charge in [-0.1, -0.05) is 0 Å². The second kappa shape index (κ2) is 18.2. The van der Waals surface area contributed by atoms with E-state index in [9.17, 15) is 0 Å². The van der Waals surface area contributed by atoms with Crippen LogP contribution in [0.4, 0.5) is 0 Å². The molecule has 0 aliphatic carbocycles. The van der Waals surface area contributed by atoms with E-state index in [1.165, 1.54) is 0 Å². The van der Waals surface area contributed by atoms with E-state index in [1.807, 2.05) is 0 Å². The average Bonchev–Trinajstić information content (AvgIpc) is 1.37. The van der Waals surface area contributed by atoms with Crippen molar-refractivity contribution in [3.05, 3.63) is 0 Å². The van der Waals surface area contributed by atoms with E-state index in [2.05, 4.69) is 0 Å². The van der Waals surface area contributed by atoms with Crippen molar-refractivity contribution >= 4 is 0 Å². The Morgan fingerprint density at radius 1 is 1.00 bits per heavy atom.